The van der Waals surface area contributed by atoms with Crippen LogP contribution in [0.3, 0.4) is 0 Å². The minimum Gasteiger partial charge on any atom is -0.489 e. The van der Waals surface area contributed by atoms with Crippen LogP contribution in [0.2, 0.25) is 0 Å². The minimum atomic E-state index is -1.51. The molecule has 3 aromatic rings. The lowest BCUT2D eigenvalue weighted by molar-refractivity contribution is -0.256. The van der Waals surface area contributed by atoms with Crippen LogP contribution in [-0.4, -0.2) is 72.3 Å². The van der Waals surface area contributed by atoms with E-state index >= 15 is 0 Å². The van der Waals surface area contributed by atoms with Gasteiger partial charge in [0.1, 0.15) is 42.9 Å². The second kappa shape index (κ2) is 26.7. The van der Waals surface area contributed by atoms with E-state index in [9.17, 15) is 23.8 Å². The number of allylic oxidation sites excluding steroid dienone is 1. The summed E-state index contributed by atoms with van der Waals surface area (Å²) in [5.74, 6) is -1.96. The Morgan fingerprint density at radius 3 is 2.28 bits per heavy atom. The third-order valence-corrected chi connectivity index (χ3v) is 13.8. The van der Waals surface area contributed by atoms with Gasteiger partial charge in [0.05, 0.1) is 24.8 Å². The van der Waals surface area contributed by atoms with Crippen LogP contribution in [0.5, 0.6) is 11.5 Å². The maximum atomic E-state index is 14.8. The molecule has 6 rings (SSSR count). The van der Waals surface area contributed by atoms with Crippen LogP contribution in [0.25, 0.3) is 0 Å². The largest absolute Gasteiger partial charge is 0.489 e. The highest BCUT2D eigenvalue weighted by Crippen LogP contribution is 2.62. The first-order valence-electron chi connectivity index (χ1n) is 24.9. The van der Waals surface area contributed by atoms with Gasteiger partial charge in [-0.1, -0.05) is 125 Å². The number of aliphatic hydroxyl groups is 2. The van der Waals surface area contributed by atoms with Gasteiger partial charge in [0.2, 0.25) is 5.79 Å². The first-order chi connectivity index (χ1) is 32.8. The number of nitrogens with zero attached hydrogens (tertiary/aromatic N) is 2. The lowest BCUT2D eigenvalue weighted by atomic mass is 9.55. The molecule has 2 aliphatic carbocycles. The third-order valence-electron chi connectivity index (χ3n) is 13.8. The first kappa shape index (κ1) is 51.6. The Kier molecular flexibility index (Phi) is 20.6. The van der Waals surface area contributed by atoms with E-state index in [-0.39, 0.29) is 75.4 Å². The smallest absolute Gasteiger partial charge is 0.410 e. The molecule has 1 amide bonds. The molecular formula is C55H74F2N2O8. The predicted octanol–water partition coefficient (Wildman–Crippen LogP) is 12.4. The molecule has 0 aromatic heterocycles. The molecule has 1 saturated carbocycles. The second-order valence-corrected chi connectivity index (χ2v) is 18.4. The fourth-order valence-corrected chi connectivity index (χ4v) is 10.5. The van der Waals surface area contributed by atoms with Gasteiger partial charge >= 0.3 is 6.09 Å². The Bertz CT molecular complexity index is 2060. The minimum absolute atomic E-state index is 0.00782. The molecule has 0 unspecified atom stereocenters. The Hall–Kier alpha value is -4.78. The van der Waals surface area contributed by atoms with E-state index in [1.54, 1.807) is 41.3 Å². The zero-order chi connectivity index (χ0) is 47.4. The SMILES string of the molecule is C=CCO[C@@]12Oc3ccc(OCc4ccccc4F)cc3[C@H]3[C@H](CCCCO)[C@@H](CCCCO)C=C(C(=NOC)C[C@@H]1N(Cc1ccc(F)cc1)C(=O)OCCCCCCCCCCCC)[C@H]32. The van der Waals surface area contributed by atoms with Crippen molar-refractivity contribution in [1.82, 2.24) is 4.90 Å². The average Bonchev–Trinajstić information content (AvgIpc) is 3.33. The molecule has 3 aliphatic rings. The van der Waals surface area contributed by atoms with Crippen molar-refractivity contribution in [1.29, 1.82) is 0 Å². The van der Waals surface area contributed by atoms with Crippen LogP contribution >= 0.6 is 0 Å². The van der Waals surface area contributed by atoms with Gasteiger partial charge in [0, 0.05) is 43.2 Å². The van der Waals surface area contributed by atoms with Crippen LogP contribution in [0.4, 0.5) is 13.6 Å². The molecule has 3 aromatic carbocycles. The summed E-state index contributed by atoms with van der Waals surface area (Å²) in [4.78, 5) is 22.1. The number of ether oxygens (including phenoxy) is 4. The summed E-state index contributed by atoms with van der Waals surface area (Å²) in [7, 11) is 1.51. The summed E-state index contributed by atoms with van der Waals surface area (Å²) in [6.07, 6.45) is 19.4. The summed E-state index contributed by atoms with van der Waals surface area (Å²) in [5.41, 5.74) is 3.54. The normalized spacial score (nSPS) is 22.3. The first-order valence-corrected chi connectivity index (χ1v) is 24.9. The molecular weight excluding hydrogens is 855 g/mol. The number of carbonyl (C=O) groups excluding carboxylic acids is 1. The molecule has 0 spiro atoms. The number of fused-ring (bicyclic) bond motifs is 2. The van der Waals surface area contributed by atoms with Crippen LogP contribution in [0.1, 0.15) is 139 Å². The Morgan fingerprint density at radius 1 is 0.896 bits per heavy atom. The molecule has 1 aliphatic heterocycles. The van der Waals surface area contributed by atoms with E-state index < -0.39 is 23.8 Å². The zero-order valence-corrected chi connectivity index (χ0v) is 39.9. The predicted molar refractivity (Wildman–Crippen MR) is 258 cm³/mol. The van der Waals surface area contributed by atoms with E-state index in [1.807, 2.05) is 18.2 Å². The lowest BCUT2D eigenvalue weighted by Gasteiger charge is -2.59. The zero-order valence-electron chi connectivity index (χ0n) is 39.9. The molecule has 1 heterocycles. The highest BCUT2D eigenvalue weighted by molar-refractivity contribution is 6.03. The topological polar surface area (TPSA) is 119 Å². The molecule has 2 N–H and O–H groups in total. The van der Waals surface area contributed by atoms with Crippen LogP contribution in [0, 0.1) is 29.4 Å². The Balaban J connectivity index is 1.42. The van der Waals surface area contributed by atoms with Crippen molar-refractivity contribution in [3.8, 4) is 11.5 Å². The number of rotatable bonds is 29. The van der Waals surface area contributed by atoms with Gasteiger partial charge in [-0.05, 0) is 91.5 Å². The molecule has 1 fully saturated rings. The maximum absolute atomic E-state index is 14.8. The molecule has 10 nitrogen and oxygen atoms in total. The molecule has 67 heavy (non-hydrogen) atoms. The van der Waals surface area contributed by atoms with E-state index in [0.717, 1.165) is 62.5 Å². The van der Waals surface area contributed by atoms with E-state index in [0.29, 0.717) is 41.2 Å². The monoisotopic (exact) mass is 929 g/mol. The fourth-order valence-electron chi connectivity index (χ4n) is 10.5. The number of hydrogen-bond donors (Lipinski definition) is 2. The van der Waals surface area contributed by atoms with Gasteiger partial charge < -0.3 is 34.0 Å². The van der Waals surface area contributed by atoms with Gasteiger partial charge in [-0.3, -0.25) is 4.90 Å². The number of oxime groups is 1. The van der Waals surface area contributed by atoms with E-state index in [1.165, 1.54) is 63.8 Å². The van der Waals surface area contributed by atoms with Crippen molar-refractivity contribution in [2.24, 2.45) is 22.9 Å². The summed E-state index contributed by atoms with van der Waals surface area (Å²) in [6.45, 7) is 6.82. The number of carbonyl (C=O) groups is 1. The highest BCUT2D eigenvalue weighted by atomic mass is 19.1. The van der Waals surface area contributed by atoms with E-state index in [4.69, 9.17) is 23.8 Å². The summed E-state index contributed by atoms with van der Waals surface area (Å²) < 4.78 is 56.1. The van der Waals surface area contributed by atoms with Gasteiger partial charge in [0.15, 0.2) is 0 Å². The highest BCUT2D eigenvalue weighted by Gasteiger charge is 2.65. The lowest BCUT2D eigenvalue weighted by Crippen LogP contribution is -2.70. The van der Waals surface area contributed by atoms with Crippen LogP contribution in [0.15, 0.2) is 96.2 Å². The number of amides is 1. The Labute approximate surface area is 397 Å². The summed E-state index contributed by atoms with van der Waals surface area (Å²) in [6, 6.07) is 17.5. The quantitative estimate of drug-likeness (QED) is 0.0401. The van der Waals surface area contributed by atoms with Crippen LogP contribution < -0.4 is 9.47 Å². The molecule has 0 radical (unpaired) electrons. The van der Waals surface area contributed by atoms with Gasteiger partial charge in [-0.15, -0.1) is 6.58 Å². The maximum Gasteiger partial charge on any atom is 0.410 e. The molecule has 366 valence electrons. The number of aliphatic hydroxyl groups excluding tert-OH is 2. The van der Waals surface area contributed by atoms with Crippen molar-refractivity contribution < 1.29 is 47.6 Å². The van der Waals surface area contributed by atoms with Crippen molar-refractivity contribution >= 4 is 11.8 Å². The average molecular weight is 929 g/mol. The number of benzene rings is 3. The van der Waals surface area contributed by atoms with Gasteiger partial charge in [0.25, 0.3) is 0 Å². The molecule has 0 bridgehead atoms. The fraction of sp³-hybridized carbons (Fsp3) is 0.564. The summed E-state index contributed by atoms with van der Waals surface area (Å²) in [5, 5.41) is 24.6. The van der Waals surface area contributed by atoms with Gasteiger partial charge in [-0.25, -0.2) is 13.6 Å². The van der Waals surface area contributed by atoms with Crippen molar-refractivity contribution in [3.05, 3.63) is 119 Å². The second-order valence-electron chi connectivity index (χ2n) is 18.4. The standard InChI is InChI=1S/C55H74F2N2O8/c1-4-6-7-8-9-10-11-12-13-20-34-64-54(62)59(38-40-25-27-43(56)28-26-40)51-37-49(58-63-3)46-35-41(21-16-18-31-60)45(23-17-19-32-61)52-47-36-44(65-39-42-22-14-15-24-48(42)57)29-30-50(47)67-55(51,53(46)52)66-33-5-2/h5,14-15,22,24-30,35-36,41,45,51-53,60-61H,2,4,6-13,16-21,23,31-34,37-39H2,1,3H3/t41-,45+,51-,52+,53+,55+/m0/s1. The van der Waals surface area contributed by atoms with Crippen molar-refractivity contribution in [2.45, 2.75) is 147 Å². The summed E-state index contributed by atoms with van der Waals surface area (Å²) >= 11 is 0. The third kappa shape index (κ3) is 13.5. The molecule has 6 atom stereocenters. The molecule has 12 heteroatoms. The van der Waals surface area contributed by atoms with Crippen molar-refractivity contribution in [3.63, 3.8) is 0 Å². The van der Waals surface area contributed by atoms with Crippen LogP contribution in [-0.2, 0) is 27.5 Å². The number of halogens is 2. The Morgan fingerprint density at radius 2 is 1.60 bits per heavy atom. The van der Waals surface area contributed by atoms with E-state index in [2.05, 4.69) is 24.7 Å². The molecule has 0 saturated heterocycles. The number of hydrogen-bond acceptors (Lipinski definition) is 9. The number of unbranched alkanes of at least 4 members (excludes halogenated alkanes) is 11. The van der Waals surface area contributed by atoms with Gasteiger partial charge in [-0.2, -0.15) is 0 Å². The van der Waals surface area contributed by atoms with Crippen molar-refractivity contribution in [2.75, 3.05) is 33.5 Å².